The largest absolute Gasteiger partial charge is 0.396 e. The number of rotatable bonds is 7. The maximum absolute atomic E-state index is 12.6. The summed E-state index contributed by atoms with van der Waals surface area (Å²) in [5, 5.41) is 19.3. The maximum Gasteiger partial charge on any atom is 0.225 e. The van der Waals surface area contributed by atoms with Crippen molar-refractivity contribution in [1.29, 1.82) is 5.26 Å². The van der Waals surface area contributed by atoms with Gasteiger partial charge < -0.3 is 14.9 Å². The highest BCUT2D eigenvalue weighted by Gasteiger charge is 2.41. The van der Waals surface area contributed by atoms with Crippen molar-refractivity contribution < 1.29 is 9.90 Å². The van der Waals surface area contributed by atoms with Gasteiger partial charge in [0.15, 0.2) is 0 Å². The summed E-state index contributed by atoms with van der Waals surface area (Å²) < 4.78 is 0. The third-order valence-electron chi connectivity index (χ3n) is 6.95. The molecule has 1 N–H and O–H groups in total. The summed E-state index contributed by atoms with van der Waals surface area (Å²) in [6.07, 6.45) is 8.14. The Morgan fingerprint density at radius 2 is 2.09 bits per heavy atom. The predicted molar refractivity (Wildman–Crippen MR) is 126 cm³/mol. The molecule has 2 aromatic rings. The van der Waals surface area contributed by atoms with Crippen molar-refractivity contribution >= 4 is 17.8 Å². The van der Waals surface area contributed by atoms with E-state index >= 15 is 0 Å². The lowest BCUT2D eigenvalue weighted by Crippen LogP contribution is -2.56. The summed E-state index contributed by atoms with van der Waals surface area (Å²) in [6.45, 7) is 5.62. The molecule has 7 heteroatoms. The highest BCUT2D eigenvalue weighted by molar-refractivity contribution is 5.77. The molecule has 3 aliphatic rings. The number of nitrogens with zero attached hydrogens (tertiary/aromatic N) is 5. The van der Waals surface area contributed by atoms with Gasteiger partial charge in [-0.1, -0.05) is 6.58 Å². The first kappa shape index (κ1) is 21.6. The van der Waals surface area contributed by atoms with E-state index in [1.807, 2.05) is 23.1 Å². The van der Waals surface area contributed by atoms with Crippen LogP contribution in [0.3, 0.4) is 0 Å². The Hall–Kier alpha value is -3.24. The fourth-order valence-corrected chi connectivity index (χ4v) is 4.90. The first-order valence-electron chi connectivity index (χ1n) is 11.8. The number of carbonyl (C=O) groups is 1. The number of piperazine rings is 1. The van der Waals surface area contributed by atoms with E-state index in [9.17, 15) is 15.2 Å². The van der Waals surface area contributed by atoms with Gasteiger partial charge in [-0.05, 0) is 61.4 Å². The van der Waals surface area contributed by atoms with Crippen molar-refractivity contribution in [3.05, 3.63) is 47.9 Å². The highest BCUT2D eigenvalue weighted by atomic mass is 16.3. The Morgan fingerprint density at radius 3 is 2.76 bits per heavy atom. The molecule has 3 fully saturated rings. The van der Waals surface area contributed by atoms with Crippen LogP contribution in [0.25, 0.3) is 17.2 Å². The quantitative estimate of drug-likeness (QED) is 0.705. The zero-order valence-electron chi connectivity index (χ0n) is 18.8. The average Bonchev–Trinajstić information content (AvgIpc) is 3.76. The van der Waals surface area contributed by atoms with Crippen molar-refractivity contribution in [2.24, 2.45) is 5.92 Å². The zero-order chi connectivity index (χ0) is 22.9. The molecule has 1 atom stereocenters. The van der Waals surface area contributed by atoms with Crippen molar-refractivity contribution in [3.63, 3.8) is 0 Å². The molecule has 2 saturated carbocycles. The second kappa shape index (κ2) is 8.95. The minimum absolute atomic E-state index is 0.0206. The number of carbonyl (C=O) groups excluding carboxylic acids is 1. The topological polar surface area (TPSA) is 93.4 Å². The highest BCUT2D eigenvalue weighted by Crippen LogP contribution is 2.45. The Kier molecular flexibility index (Phi) is 5.86. The van der Waals surface area contributed by atoms with E-state index in [0.29, 0.717) is 37.0 Å². The van der Waals surface area contributed by atoms with Crippen LogP contribution >= 0.6 is 0 Å². The van der Waals surface area contributed by atoms with Gasteiger partial charge in [-0.15, -0.1) is 0 Å². The van der Waals surface area contributed by atoms with E-state index in [0.717, 1.165) is 54.0 Å². The molecule has 1 unspecified atom stereocenters. The van der Waals surface area contributed by atoms with Crippen LogP contribution in [0.4, 0.5) is 5.82 Å². The molecule has 1 amide bonds. The van der Waals surface area contributed by atoms with Gasteiger partial charge in [0.2, 0.25) is 5.91 Å². The number of aliphatic hydroxyl groups is 1. The molecule has 2 aromatic heterocycles. The maximum atomic E-state index is 12.6. The van der Waals surface area contributed by atoms with Crippen molar-refractivity contribution in [1.82, 2.24) is 14.9 Å². The molecule has 1 aliphatic heterocycles. The summed E-state index contributed by atoms with van der Waals surface area (Å²) in [7, 11) is 0. The van der Waals surface area contributed by atoms with E-state index in [4.69, 9.17) is 4.98 Å². The van der Waals surface area contributed by atoms with Crippen LogP contribution in [-0.2, 0) is 4.79 Å². The summed E-state index contributed by atoms with van der Waals surface area (Å²) in [6, 6.07) is 8.43. The number of aliphatic hydroxyl groups excluding tert-OH is 1. The van der Waals surface area contributed by atoms with Gasteiger partial charge in [-0.2, -0.15) is 5.26 Å². The van der Waals surface area contributed by atoms with Crippen molar-refractivity contribution in [2.45, 2.75) is 44.1 Å². The molecule has 5 rings (SSSR count). The third-order valence-corrected chi connectivity index (χ3v) is 6.95. The Balaban J connectivity index is 1.50. The lowest BCUT2D eigenvalue weighted by atomic mass is 9.98. The van der Waals surface area contributed by atoms with Crippen LogP contribution in [-0.4, -0.2) is 58.2 Å². The first-order valence-corrected chi connectivity index (χ1v) is 11.8. The van der Waals surface area contributed by atoms with Crippen LogP contribution in [0, 0.1) is 17.2 Å². The molecule has 0 spiro atoms. The van der Waals surface area contributed by atoms with Crippen molar-refractivity contribution in [3.8, 4) is 17.2 Å². The van der Waals surface area contributed by atoms with Crippen LogP contribution in [0.2, 0.25) is 0 Å². The Morgan fingerprint density at radius 1 is 1.27 bits per heavy atom. The number of hydrogen-bond acceptors (Lipinski definition) is 6. The molecular weight excluding hydrogens is 414 g/mol. The predicted octanol–water partition coefficient (Wildman–Crippen LogP) is 3.35. The zero-order valence-corrected chi connectivity index (χ0v) is 18.8. The fraction of sp³-hybridized carbons (Fsp3) is 0.462. The summed E-state index contributed by atoms with van der Waals surface area (Å²) in [5.41, 5.74) is 4.42. The lowest BCUT2D eigenvalue weighted by Gasteiger charge is -2.42. The van der Waals surface area contributed by atoms with Crippen LogP contribution in [0.5, 0.6) is 0 Å². The summed E-state index contributed by atoms with van der Waals surface area (Å²) in [4.78, 5) is 26.1. The SMILES string of the molecule is C=Cc1cc(-c2cc(C#N)c(N3CCN(C(=O)CCO)C(C4CC4)C3)nc2C2CC2)ccn1. The molecular formula is C26H29N5O2. The summed E-state index contributed by atoms with van der Waals surface area (Å²) >= 11 is 0. The van der Waals surface area contributed by atoms with Gasteiger partial charge in [0, 0.05) is 43.7 Å². The van der Waals surface area contributed by atoms with E-state index in [2.05, 4.69) is 22.5 Å². The molecule has 33 heavy (non-hydrogen) atoms. The summed E-state index contributed by atoms with van der Waals surface area (Å²) in [5.74, 6) is 1.67. The second-order valence-electron chi connectivity index (χ2n) is 9.26. The molecule has 0 radical (unpaired) electrons. The molecule has 7 nitrogen and oxygen atoms in total. The monoisotopic (exact) mass is 443 g/mol. The smallest absolute Gasteiger partial charge is 0.225 e. The molecule has 2 aliphatic carbocycles. The number of amides is 1. The lowest BCUT2D eigenvalue weighted by molar-refractivity contribution is -0.135. The number of nitriles is 1. The number of pyridine rings is 2. The third kappa shape index (κ3) is 4.36. The molecule has 0 bridgehead atoms. The van der Waals surface area contributed by atoms with Crippen LogP contribution in [0.1, 0.15) is 55.0 Å². The van der Waals surface area contributed by atoms with E-state index < -0.39 is 0 Å². The first-order chi connectivity index (χ1) is 16.1. The van der Waals surface area contributed by atoms with Crippen molar-refractivity contribution in [2.75, 3.05) is 31.1 Å². The second-order valence-corrected chi connectivity index (χ2v) is 9.26. The average molecular weight is 444 g/mol. The van der Waals surface area contributed by atoms with Gasteiger partial charge in [-0.25, -0.2) is 4.98 Å². The molecule has 0 aromatic carbocycles. The van der Waals surface area contributed by atoms with Gasteiger partial charge in [-0.3, -0.25) is 9.78 Å². The van der Waals surface area contributed by atoms with Gasteiger partial charge >= 0.3 is 0 Å². The Bertz CT molecular complexity index is 1120. The number of aromatic nitrogens is 2. The van der Waals surface area contributed by atoms with Gasteiger partial charge in [0.05, 0.1) is 29.6 Å². The standard InChI is InChI=1S/C26H29N5O2/c1-2-21-13-19(7-9-28-21)22-14-20(15-27)26(29-25(22)18-5-6-18)30-10-11-31(24(33)8-12-32)23(16-30)17-3-4-17/h2,7,9,13-14,17-18,23,32H,1,3-6,8,10-12,16H2. The fourth-order valence-electron chi connectivity index (χ4n) is 4.90. The van der Waals surface area contributed by atoms with Crippen LogP contribution in [0.15, 0.2) is 31.0 Å². The minimum atomic E-state index is -0.120. The normalized spacial score (nSPS) is 20.4. The van der Waals surface area contributed by atoms with E-state index in [1.54, 1.807) is 12.3 Å². The molecule has 3 heterocycles. The minimum Gasteiger partial charge on any atom is -0.396 e. The number of anilines is 1. The molecule has 1 saturated heterocycles. The van der Waals surface area contributed by atoms with E-state index in [1.165, 1.54) is 0 Å². The number of hydrogen-bond donors (Lipinski definition) is 1. The van der Waals surface area contributed by atoms with E-state index in [-0.39, 0.29) is 25.0 Å². The Labute approximate surface area is 194 Å². The van der Waals surface area contributed by atoms with Gasteiger partial charge in [0.1, 0.15) is 11.9 Å². The van der Waals surface area contributed by atoms with Gasteiger partial charge in [0.25, 0.3) is 0 Å². The van der Waals surface area contributed by atoms with Crippen LogP contribution < -0.4 is 4.90 Å². The molecule has 170 valence electrons.